The molecule has 0 aliphatic carbocycles. The van der Waals surface area contributed by atoms with E-state index < -0.39 is 17.8 Å². The predicted molar refractivity (Wildman–Crippen MR) is 102 cm³/mol. The van der Waals surface area contributed by atoms with Crippen LogP contribution in [0, 0.1) is 0 Å². The van der Waals surface area contributed by atoms with Crippen LogP contribution < -0.4 is 0 Å². The molecule has 1 unspecified atom stereocenters. The smallest absolute Gasteiger partial charge is 0.290 e. The third-order valence-electron chi connectivity index (χ3n) is 5.29. The summed E-state index contributed by atoms with van der Waals surface area (Å²) in [7, 11) is 0. The molecule has 2 aromatic carbocycles. The monoisotopic (exact) mass is 401 g/mol. The highest BCUT2D eigenvalue weighted by Crippen LogP contribution is 2.35. The lowest BCUT2D eigenvalue weighted by atomic mass is 10.0. The van der Waals surface area contributed by atoms with Crippen molar-refractivity contribution in [2.24, 2.45) is 0 Å². The van der Waals surface area contributed by atoms with Crippen molar-refractivity contribution in [3.05, 3.63) is 77.1 Å². The maximum absolute atomic E-state index is 13.3. The van der Waals surface area contributed by atoms with Crippen LogP contribution >= 0.6 is 0 Å². The van der Waals surface area contributed by atoms with Gasteiger partial charge in [0.05, 0.1) is 11.6 Å². The van der Waals surface area contributed by atoms with Gasteiger partial charge in [-0.2, -0.15) is 13.2 Å². The van der Waals surface area contributed by atoms with E-state index in [1.165, 1.54) is 12.1 Å². The molecule has 0 amide bonds. The second kappa shape index (κ2) is 8.32. The van der Waals surface area contributed by atoms with Crippen molar-refractivity contribution in [2.45, 2.75) is 38.0 Å². The first kappa shape index (κ1) is 19.6. The highest BCUT2D eigenvalue weighted by Gasteiger charge is 2.34. The van der Waals surface area contributed by atoms with Crippen LogP contribution in [0.5, 0.6) is 0 Å². The van der Waals surface area contributed by atoms with Gasteiger partial charge in [0.25, 0.3) is 0 Å². The lowest BCUT2D eigenvalue weighted by molar-refractivity contribution is -0.137. The summed E-state index contributed by atoms with van der Waals surface area (Å²) < 4.78 is 41.6. The standard InChI is InChI=1S/C21H22F3N5/c22-21(23,24)18-10-6-9-17(15-18)19(28-12-4-5-13-28)20-25-26-27-29(20)14-11-16-7-2-1-3-8-16/h1-3,6-10,15,19H,4-5,11-14H2. The third kappa shape index (κ3) is 4.48. The van der Waals surface area contributed by atoms with Gasteiger partial charge in [0.1, 0.15) is 0 Å². The van der Waals surface area contributed by atoms with Crippen LogP contribution in [0.1, 0.15) is 41.4 Å². The first-order chi connectivity index (χ1) is 14.0. The molecule has 0 N–H and O–H groups in total. The summed E-state index contributed by atoms with van der Waals surface area (Å²) in [6.45, 7) is 2.19. The van der Waals surface area contributed by atoms with Crippen molar-refractivity contribution in [1.82, 2.24) is 25.1 Å². The van der Waals surface area contributed by atoms with Crippen LogP contribution in [0.4, 0.5) is 13.2 Å². The Morgan fingerprint density at radius 3 is 2.45 bits per heavy atom. The Morgan fingerprint density at radius 2 is 1.72 bits per heavy atom. The molecule has 8 heteroatoms. The Morgan fingerprint density at radius 1 is 0.966 bits per heavy atom. The van der Waals surface area contributed by atoms with Gasteiger partial charge in [0, 0.05) is 6.54 Å². The molecule has 29 heavy (non-hydrogen) atoms. The van der Waals surface area contributed by atoms with Crippen molar-refractivity contribution >= 4 is 0 Å². The van der Waals surface area contributed by atoms with Gasteiger partial charge in [-0.15, -0.1) is 5.10 Å². The minimum atomic E-state index is -4.38. The van der Waals surface area contributed by atoms with Gasteiger partial charge in [-0.25, -0.2) is 4.68 Å². The molecule has 1 saturated heterocycles. The Balaban J connectivity index is 1.66. The van der Waals surface area contributed by atoms with Crippen LogP contribution in [0.3, 0.4) is 0 Å². The van der Waals surface area contributed by atoms with E-state index >= 15 is 0 Å². The number of aryl methyl sites for hydroxylation is 2. The van der Waals surface area contributed by atoms with Crippen LogP contribution in [0.2, 0.25) is 0 Å². The van der Waals surface area contributed by atoms with Crippen LogP contribution in [-0.2, 0) is 19.1 Å². The Hall–Kier alpha value is -2.74. The summed E-state index contributed by atoms with van der Waals surface area (Å²) in [4.78, 5) is 2.17. The SMILES string of the molecule is FC(F)(F)c1cccc(C(c2nnnn2CCc2ccccc2)N2CCCC2)c1. The zero-order valence-electron chi connectivity index (χ0n) is 15.9. The van der Waals surface area contributed by atoms with E-state index in [1.807, 2.05) is 30.3 Å². The molecular weight excluding hydrogens is 379 g/mol. The molecule has 2 heterocycles. The topological polar surface area (TPSA) is 46.8 Å². The number of halogens is 3. The van der Waals surface area contributed by atoms with Gasteiger partial charge in [0.2, 0.25) is 0 Å². The zero-order valence-corrected chi connectivity index (χ0v) is 15.9. The average Bonchev–Trinajstić information content (AvgIpc) is 3.40. The minimum Gasteiger partial charge on any atom is -0.290 e. The molecule has 3 aromatic rings. The van der Waals surface area contributed by atoms with Crippen molar-refractivity contribution in [3.8, 4) is 0 Å². The lowest BCUT2D eigenvalue weighted by Crippen LogP contribution is -2.30. The number of tetrazole rings is 1. The molecule has 0 radical (unpaired) electrons. The molecular formula is C21H22F3N5. The molecule has 152 valence electrons. The van der Waals surface area contributed by atoms with E-state index in [4.69, 9.17) is 0 Å². The summed E-state index contributed by atoms with van der Waals surface area (Å²) in [5, 5.41) is 12.2. The van der Waals surface area contributed by atoms with Crippen LogP contribution in [0.15, 0.2) is 54.6 Å². The second-order valence-corrected chi connectivity index (χ2v) is 7.26. The van der Waals surface area contributed by atoms with E-state index in [0.29, 0.717) is 17.9 Å². The normalized spacial score (nSPS) is 16.2. The predicted octanol–water partition coefficient (Wildman–Crippen LogP) is 4.12. The summed E-state index contributed by atoms with van der Waals surface area (Å²) in [6, 6.07) is 15.1. The summed E-state index contributed by atoms with van der Waals surface area (Å²) in [6.07, 6.45) is -1.61. The molecule has 0 spiro atoms. The highest BCUT2D eigenvalue weighted by atomic mass is 19.4. The quantitative estimate of drug-likeness (QED) is 0.623. The number of nitrogens with zero attached hydrogens (tertiary/aromatic N) is 5. The van der Waals surface area contributed by atoms with E-state index in [-0.39, 0.29) is 0 Å². The van der Waals surface area contributed by atoms with Gasteiger partial charge in [-0.3, -0.25) is 4.90 Å². The zero-order chi connectivity index (χ0) is 20.3. The van der Waals surface area contributed by atoms with Gasteiger partial charge < -0.3 is 0 Å². The van der Waals surface area contributed by atoms with Crippen molar-refractivity contribution in [3.63, 3.8) is 0 Å². The largest absolute Gasteiger partial charge is 0.416 e. The molecule has 4 rings (SSSR count). The summed E-state index contributed by atoms with van der Waals surface area (Å²) in [5.41, 5.74) is 1.07. The van der Waals surface area contributed by atoms with Crippen LogP contribution in [0.25, 0.3) is 0 Å². The van der Waals surface area contributed by atoms with Gasteiger partial charge >= 0.3 is 6.18 Å². The Kier molecular flexibility index (Phi) is 5.62. The van der Waals surface area contributed by atoms with E-state index in [2.05, 4.69) is 20.4 Å². The molecule has 5 nitrogen and oxygen atoms in total. The molecule has 1 aliphatic rings. The molecule has 1 fully saturated rings. The van der Waals surface area contributed by atoms with E-state index in [9.17, 15) is 13.2 Å². The molecule has 1 aliphatic heterocycles. The van der Waals surface area contributed by atoms with Gasteiger partial charge in [0.15, 0.2) is 5.82 Å². The highest BCUT2D eigenvalue weighted by molar-refractivity contribution is 5.31. The van der Waals surface area contributed by atoms with Crippen molar-refractivity contribution in [1.29, 1.82) is 0 Å². The first-order valence-corrected chi connectivity index (χ1v) is 9.73. The number of likely N-dealkylation sites (tertiary alicyclic amines) is 1. The summed E-state index contributed by atoms with van der Waals surface area (Å²) in [5.74, 6) is 0.585. The molecule has 0 saturated carbocycles. The van der Waals surface area contributed by atoms with Crippen molar-refractivity contribution < 1.29 is 13.2 Å². The fourth-order valence-corrected chi connectivity index (χ4v) is 3.85. The summed E-state index contributed by atoms with van der Waals surface area (Å²) >= 11 is 0. The van der Waals surface area contributed by atoms with Crippen molar-refractivity contribution in [2.75, 3.05) is 13.1 Å². The number of aromatic nitrogens is 4. The molecule has 0 bridgehead atoms. The first-order valence-electron chi connectivity index (χ1n) is 9.73. The van der Waals surface area contributed by atoms with E-state index in [1.54, 1.807) is 10.7 Å². The molecule has 1 aromatic heterocycles. The number of hydrogen-bond donors (Lipinski definition) is 0. The maximum Gasteiger partial charge on any atom is 0.416 e. The van der Waals surface area contributed by atoms with Crippen LogP contribution in [-0.4, -0.2) is 38.2 Å². The third-order valence-corrected chi connectivity index (χ3v) is 5.29. The lowest BCUT2D eigenvalue weighted by Gasteiger charge is -2.27. The number of rotatable bonds is 6. The minimum absolute atomic E-state index is 0.398. The van der Waals surface area contributed by atoms with Gasteiger partial charge in [-0.05, 0) is 66.0 Å². The number of alkyl halides is 3. The van der Waals surface area contributed by atoms with E-state index in [0.717, 1.165) is 44.0 Å². The fraction of sp³-hybridized carbons (Fsp3) is 0.381. The number of benzene rings is 2. The molecule has 1 atom stereocenters. The Bertz CT molecular complexity index is 933. The average molecular weight is 401 g/mol. The Labute approximate surface area is 167 Å². The second-order valence-electron chi connectivity index (χ2n) is 7.26. The number of hydrogen-bond acceptors (Lipinski definition) is 4. The van der Waals surface area contributed by atoms with Gasteiger partial charge in [-0.1, -0.05) is 42.5 Å². The maximum atomic E-state index is 13.3. The fourth-order valence-electron chi connectivity index (χ4n) is 3.85.